The molecule has 1 saturated heterocycles. The lowest BCUT2D eigenvalue weighted by atomic mass is 10.0. The van der Waals surface area contributed by atoms with Gasteiger partial charge in [0.25, 0.3) is 0 Å². The van der Waals surface area contributed by atoms with Crippen molar-refractivity contribution in [3.8, 4) is 11.3 Å². The minimum absolute atomic E-state index is 0.222. The zero-order valence-electron chi connectivity index (χ0n) is 15.6. The Morgan fingerprint density at radius 2 is 1.96 bits per heavy atom. The van der Waals surface area contributed by atoms with E-state index in [-0.39, 0.29) is 6.04 Å². The summed E-state index contributed by atoms with van der Waals surface area (Å²) in [5, 5.41) is 11.0. The summed E-state index contributed by atoms with van der Waals surface area (Å²) in [6.07, 6.45) is 5.41. The Balaban J connectivity index is 1.59. The molecule has 0 aliphatic carbocycles. The number of fused-ring (bicyclic) bond motifs is 1. The summed E-state index contributed by atoms with van der Waals surface area (Å²) in [5.41, 5.74) is 5.64. The first-order valence-electron chi connectivity index (χ1n) is 9.31. The first kappa shape index (κ1) is 18.8. The minimum atomic E-state index is 0.222. The number of amidine groups is 1. The van der Waals surface area contributed by atoms with Gasteiger partial charge >= 0.3 is 0 Å². The zero-order chi connectivity index (χ0) is 19.5. The quantitative estimate of drug-likeness (QED) is 0.401. The van der Waals surface area contributed by atoms with Crippen molar-refractivity contribution in [3.63, 3.8) is 0 Å². The molecule has 6 nitrogen and oxygen atoms in total. The first-order valence-corrected chi connectivity index (χ1v) is 9.69. The molecular formula is C21H22ClN5O. The topological polar surface area (TPSA) is 73.6 Å². The molecule has 0 radical (unpaired) electrons. The Hall–Kier alpha value is -2.54. The van der Waals surface area contributed by atoms with Gasteiger partial charge in [0, 0.05) is 28.9 Å². The molecule has 0 unspecified atom stereocenters. The number of nitrogens with one attached hydrogen (secondary N) is 1. The lowest BCUT2D eigenvalue weighted by molar-refractivity contribution is 0.230. The lowest BCUT2D eigenvalue weighted by Crippen LogP contribution is -2.33. The molecule has 4 rings (SSSR count). The number of benzene rings is 1. The fourth-order valence-electron chi connectivity index (χ4n) is 3.45. The molecule has 0 bridgehead atoms. The maximum Gasteiger partial charge on any atom is 0.152 e. The Labute approximate surface area is 168 Å². The van der Waals surface area contributed by atoms with E-state index in [2.05, 4.69) is 27.4 Å². The van der Waals surface area contributed by atoms with Gasteiger partial charge in [0.15, 0.2) is 5.84 Å². The molecule has 0 saturated carbocycles. The molecule has 144 valence electrons. The second-order valence-corrected chi connectivity index (χ2v) is 7.49. The molecule has 2 aromatic heterocycles. The van der Waals surface area contributed by atoms with Gasteiger partial charge in [0.2, 0.25) is 0 Å². The first-order chi connectivity index (χ1) is 13.6. The highest BCUT2D eigenvalue weighted by Crippen LogP contribution is 2.27. The number of aliphatic imine (C=N–C) groups is 1. The summed E-state index contributed by atoms with van der Waals surface area (Å²) >= 11 is 6.39. The number of likely N-dealkylation sites (tertiary alicyclic amines) is 1. The van der Waals surface area contributed by atoms with Gasteiger partial charge in [-0.3, -0.25) is 20.7 Å². The van der Waals surface area contributed by atoms with Crippen LogP contribution in [0.5, 0.6) is 0 Å². The van der Waals surface area contributed by atoms with Gasteiger partial charge < -0.3 is 4.90 Å². The molecule has 0 atom stereocenters. The van der Waals surface area contributed by atoms with Crippen LogP contribution in [0.4, 0.5) is 0 Å². The predicted octanol–water partition coefficient (Wildman–Crippen LogP) is 3.77. The van der Waals surface area contributed by atoms with E-state index in [1.807, 2.05) is 36.4 Å². The average Bonchev–Trinajstić information content (AvgIpc) is 2.73. The number of hydrogen-bond acceptors (Lipinski definition) is 5. The summed E-state index contributed by atoms with van der Waals surface area (Å²) in [5.74, 6) is 0.497. The Morgan fingerprint density at radius 3 is 2.68 bits per heavy atom. The van der Waals surface area contributed by atoms with Crippen LogP contribution in [0.25, 0.3) is 22.2 Å². The molecule has 28 heavy (non-hydrogen) atoms. The summed E-state index contributed by atoms with van der Waals surface area (Å²) in [7, 11) is 2.12. The van der Waals surface area contributed by atoms with Crippen LogP contribution in [-0.4, -0.2) is 52.1 Å². The Kier molecular flexibility index (Phi) is 5.52. The molecule has 0 spiro atoms. The normalized spacial score (nSPS) is 16.5. The number of pyridine rings is 2. The highest BCUT2D eigenvalue weighted by molar-refractivity contribution is 6.35. The monoisotopic (exact) mass is 395 g/mol. The van der Waals surface area contributed by atoms with E-state index in [1.54, 1.807) is 12.4 Å². The van der Waals surface area contributed by atoms with Gasteiger partial charge in [-0.05, 0) is 45.1 Å². The van der Waals surface area contributed by atoms with E-state index < -0.39 is 0 Å². The minimum Gasteiger partial charge on any atom is -0.306 e. The van der Waals surface area contributed by atoms with Crippen LogP contribution in [0, 0.1) is 0 Å². The van der Waals surface area contributed by atoms with E-state index >= 15 is 0 Å². The summed E-state index contributed by atoms with van der Waals surface area (Å²) in [6.45, 7) is 2.05. The lowest BCUT2D eigenvalue weighted by Gasteiger charge is -2.27. The summed E-state index contributed by atoms with van der Waals surface area (Å²) in [4.78, 5) is 15.8. The molecule has 7 heteroatoms. The van der Waals surface area contributed by atoms with Gasteiger partial charge in [-0.15, -0.1) is 0 Å². The van der Waals surface area contributed by atoms with Crippen molar-refractivity contribution in [1.29, 1.82) is 0 Å². The molecular weight excluding hydrogens is 374 g/mol. The number of nitrogens with zero attached hydrogens (tertiary/aromatic N) is 4. The number of hydroxylamine groups is 1. The van der Waals surface area contributed by atoms with Crippen LogP contribution >= 0.6 is 11.6 Å². The van der Waals surface area contributed by atoms with Crippen molar-refractivity contribution in [2.75, 3.05) is 20.1 Å². The second-order valence-electron chi connectivity index (χ2n) is 7.08. The SMILES string of the molecule is CN1CCC(N=C(NO)c2ccc(-c3cc(Cl)c4cnccc4n3)cc2)CC1. The highest BCUT2D eigenvalue weighted by atomic mass is 35.5. The molecule has 1 aromatic carbocycles. The molecule has 3 heterocycles. The molecule has 1 aliphatic heterocycles. The summed E-state index contributed by atoms with van der Waals surface area (Å²) in [6, 6.07) is 11.7. The van der Waals surface area contributed by atoms with Crippen molar-refractivity contribution >= 4 is 28.3 Å². The van der Waals surface area contributed by atoms with Crippen molar-refractivity contribution in [3.05, 3.63) is 59.4 Å². The number of piperidine rings is 1. The number of aromatic nitrogens is 2. The third kappa shape index (κ3) is 3.99. The van der Waals surface area contributed by atoms with Crippen molar-refractivity contribution < 1.29 is 5.21 Å². The van der Waals surface area contributed by atoms with E-state index in [0.29, 0.717) is 10.9 Å². The number of rotatable bonds is 3. The molecule has 1 aliphatic rings. The van der Waals surface area contributed by atoms with Crippen LogP contribution in [-0.2, 0) is 0 Å². The van der Waals surface area contributed by atoms with Crippen molar-refractivity contribution in [1.82, 2.24) is 20.3 Å². The summed E-state index contributed by atoms with van der Waals surface area (Å²) < 4.78 is 0. The second kappa shape index (κ2) is 8.22. The van der Waals surface area contributed by atoms with Crippen LogP contribution in [0.3, 0.4) is 0 Å². The van der Waals surface area contributed by atoms with E-state index in [1.165, 1.54) is 0 Å². The Morgan fingerprint density at radius 1 is 1.21 bits per heavy atom. The van der Waals surface area contributed by atoms with E-state index in [0.717, 1.165) is 53.7 Å². The van der Waals surface area contributed by atoms with Crippen LogP contribution < -0.4 is 5.48 Å². The standard InChI is InChI=1S/C21H22ClN5O/c1-27-10-7-16(8-11-27)24-21(26-28)15-4-2-14(3-5-15)20-12-18(22)17-13-23-9-6-19(17)25-20/h2-6,9,12-13,16,28H,7-8,10-11H2,1H3,(H,24,26). The van der Waals surface area contributed by atoms with Gasteiger partial charge in [-0.2, -0.15) is 0 Å². The maximum absolute atomic E-state index is 9.58. The maximum atomic E-state index is 9.58. The fourth-order valence-corrected chi connectivity index (χ4v) is 3.70. The van der Waals surface area contributed by atoms with Gasteiger partial charge in [0.1, 0.15) is 0 Å². The zero-order valence-corrected chi connectivity index (χ0v) is 16.4. The van der Waals surface area contributed by atoms with Crippen molar-refractivity contribution in [2.24, 2.45) is 4.99 Å². The van der Waals surface area contributed by atoms with Crippen LogP contribution in [0.2, 0.25) is 5.02 Å². The highest BCUT2D eigenvalue weighted by Gasteiger charge is 2.17. The predicted molar refractivity (Wildman–Crippen MR) is 112 cm³/mol. The number of halogens is 1. The third-order valence-electron chi connectivity index (χ3n) is 5.12. The largest absolute Gasteiger partial charge is 0.306 e. The molecule has 2 N–H and O–H groups in total. The van der Waals surface area contributed by atoms with E-state index in [4.69, 9.17) is 16.6 Å². The van der Waals surface area contributed by atoms with Crippen LogP contribution in [0.15, 0.2) is 53.8 Å². The fraction of sp³-hybridized carbons (Fsp3) is 0.286. The average molecular weight is 396 g/mol. The smallest absolute Gasteiger partial charge is 0.152 e. The van der Waals surface area contributed by atoms with E-state index in [9.17, 15) is 5.21 Å². The molecule has 0 amide bonds. The van der Waals surface area contributed by atoms with Crippen molar-refractivity contribution in [2.45, 2.75) is 18.9 Å². The van der Waals surface area contributed by atoms with Gasteiger partial charge in [0.05, 0.1) is 22.3 Å². The van der Waals surface area contributed by atoms with Crippen LogP contribution in [0.1, 0.15) is 18.4 Å². The number of hydrogen-bond donors (Lipinski definition) is 2. The Bertz CT molecular complexity index is 997. The van der Waals surface area contributed by atoms with Gasteiger partial charge in [-0.1, -0.05) is 35.9 Å². The molecule has 1 fully saturated rings. The molecule has 3 aromatic rings. The van der Waals surface area contributed by atoms with Gasteiger partial charge in [-0.25, -0.2) is 4.98 Å². The third-order valence-corrected chi connectivity index (χ3v) is 5.43.